The van der Waals surface area contributed by atoms with Crippen molar-refractivity contribution in [2.45, 2.75) is 53.4 Å². The number of Topliss-reactive ketones (excluding diaryl/α,β-unsaturated/α-hetero) is 1. The van der Waals surface area contributed by atoms with Crippen molar-refractivity contribution in [3.05, 3.63) is 12.2 Å². The van der Waals surface area contributed by atoms with E-state index >= 15 is 0 Å². The van der Waals surface area contributed by atoms with E-state index in [-0.39, 0.29) is 5.41 Å². The number of allylic oxidation sites excluding steroid dienone is 1. The van der Waals surface area contributed by atoms with Gasteiger partial charge in [0.1, 0.15) is 0 Å². The largest absolute Gasteiger partial charge is 0.295 e. The van der Waals surface area contributed by atoms with Crippen LogP contribution in [0, 0.1) is 22.7 Å². The maximum absolute atomic E-state index is 11.9. The molecule has 2 saturated carbocycles. The molecule has 16 heavy (non-hydrogen) atoms. The Bertz CT molecular complexity index is 339. The maximum atomic E-state index is 11.9. The second-order valence-corrected chi connectivity index (χ2v) is 7.02. The smallest absolute Gasteiger partial charge is 0.159 e. The van der Waals surface area contributed by atoms with Gasteiger partial charge in [-0.2, -0.15) is 0 Å². The molecule has 2 aliphatic rings. The molecule has 0 amide bonds. The highest BCUT2D eigenvalue weighted by molar-refractivity contribution is 5.99. The van der Waals surface area contributed by atoms with Crippen molar-refractivity contribution in [3.63, 3.8) is 0 Å². The van der Waals surface area contributed by atoms with Crippen LogP contribution in [0.5, 0.6) is 0 Å². The third-order valence-corrected chi connectivity index (χ3v) is 4.78. The Morgan fingerprint density at radius 1 is 1.25 bits per heavy atom. The molecule has 0 aromatic rings. The van der Waals surface area contributed by atoms with Crippen LogP contribution in [0.1, 0.15) is 53.4 Å². The quantitative estimate of drug-likeness (QED) is 0.564. The first kappa shape index (κ1) is 11.9. The second kappa shape index (κ2) is 3.45. The maximum Gasteiger partial charge on any atom is 0.159 e. The van der Waals surface area contributed by atoms with Crippen molar-refractivity contribution >= 4 is 5.78 Å². The van der Waals surface area contributed by atoms with E-state index in [9.17, 15) is 4.79 Å². The highest BCUT2D eigenvalue weighted by atomic mass is 16.1. The monoisotopic (exact) mass is 220 g/mol. The SMILES string of the molecule is C=C1C(=O)CC(C)[C@@]12C[C@H](C)CC(C)(C)C2. The molecule has 90 valence electrons. The van der Waals surface area contributed by atoms with Gasteiger partial charge in [-0.15, -0.1) is 0 Å². The van der Waals surface area contributed by atoms with E-state index in [0.717, 1.165) is 18.4 Å². The lowest BCUT2D eigenvalue weighted by atomic mass is 9.56. The molecule has 0 aromatic heterocycles. The summed E-state index contributed by atoms with van der Waals surface area (Å²) in [6.07, 6.45) is 4.32. The Morgan fingerprint density at radius 3 is 2.31 bits per heavy atom. The van der Waals surface area contributed by atoms with Gasteiger partial charge in [0.2, 0.25) is 0 Å². The average molecular weight is 220 g/mol. The summed E-state index contributed by atoms with van der Waals surface area (Å²) in [5.41, 5.74) is 1.41. The lowest BCUT2D eigenvalue weighted by Crippen LogP contribution is -2.39. The lowest BCUT2D eigenvalue weighted by Gasteiger charge is -2.48. The topological polar surface area (TPSA) is 17.1 Å². The van der Waals surface area contributed by atoms with E-state index < -0.39 is 0 Å². The highest BCUT2D eigenvalue weighted by Gasteiger charge is 2.53. The molecule has 1 nitrogen and oxygen atoms in total. The van der Waals surface area contributed by atoms with E-state index in [1.54, 1.807) is 0 Å². The summed E-state index contributed by atoms with van der Waals surface area (Å²) in [6, 6.07) is 0. The molecule has 3 atom stereocenters. The number of hydrogen-bond donors (Lipinski definition) is 0. The normalized spacial score (nSPS) is 43.0. The van der Waals surface area contributed by atoms with Crippen molar-refractivity contribution in [1.29, 1.82) is 0 Å². The molecule has 2 aliphatic carbocycles. The van der Waals surface area contributed by atoms with Gasteiger partial charge in [0, 0.05) is 11.8 Å². The molecule has 0 aromatic carbocycles. The first-order valence-corrected chi connectivity index (χ1v) is 6.49. The molecule has 0 aliphatic heterocycles. The van der Waals surface area contributed by atoms with Gasteiger partial charge in [-0.05, 0) is 42.1 Å². The van der Waals surface area contributed by atoms with Crippen LogP contribution < -0.4 is 0 Å². The van der Waals surface area contributed by atoms with Crippen molar-refractivity contribution in [3.8, 4) is 0 Å². The highest BCUT2D eigenvalue weighted by Crippen LogP contribution is 2.59. The van der Waals surface area contributed by atoms with Crippen molar-refractivity contribution in [2.75, 3.05) is 0 Å². The van der Waals surface area contributed by atoms with Crippen molar-refractivity contribution < 1.29 is 4.79 Å². The number of rotatable bonds is 0. The van der Waals surface area contributed by atoms with Crippen LogP contribution in [0.2, 0.25) is 0 Å². The molecule has 0 radical (unpaired) electrons. The van der Waals surface area contributed by atoms with E-state index in [0.29, 0.717) is 23.0 Å². The van der Waals surface area contributed by atoms with Gasteiger partial charge in [-0.1, -0.05) is 34.3 Å². The van der Waals surface area contributed by atoms with E-state index in [2.05, 4.69) is 34.3 Å². The third kappa shape index (κ3) is 1.65. The number of hydrogen-bond acceptors (Lipinski definition) is 1. The first-order valence-electron chi connectivity index (χ1n) is 6.49. The third-order valence-electron chi connectivity index (χ3n) is 4.78. The van der Waals surface area contributed by atoms with Gasteiger partial charge >= 0.3 is 0 Å². The molecule has 0 N–H and O–H groups in total. The fourth-order valence-electron chi connectivity index (χ4n) is 4.41. The minimum absolute atomic E-state index is 0.123. The summed E-state index contributed by atoms with van der Waals surface area (Å²) >= 11 is 0. The van der Waals surface area contributed by atoms with Gasteiger partial charge in [-0.25, -0.2) is 0 Å². The zero-order chi connectivity index (χ0) is 12.1. The summed E-state index contributed by atoms with van der Waals surface area (Å²) in [5.74, 6) is 1.53. The molecule has 0 bridgehead atoms. The Labute approximate surface area is 99.3 Å². The van der Waals surface area contributed by atoms with Gasteiger partial charge < -0.3 is 0 Å². The number of carbonyl (C=O) groups excluding carboxylic acids is 1. The zero-order valence-corrected chi connectivity index (χ0v) is 11.1. The van der Waals surface area contributed by atoms with Crippen molar-refractivity contribution in [2.24, 2.45) is 22.7 Å². The fourth-order valence-corrected chi connectivity index (χ4v) is 4.41. The van der Waals surface area contributed by atoms with Crippen LogP contribution in [-0.4, -0.2) is 5.78 Å². The minimum Gasteiger partial charge on any atom is -0.295 e. The molecule has 0 saturated heterocycles. The summed E-state index contributed by atoms with van der Waals surface area (Å²) in [7, 11) is 0. The van der Waals surface area contributed by atoms with Gasteiger partial charge in [0.25, 0.3) is 0 Å². The molecule has 1 heteroatoms. The summed E-state index contributed by atoms with van der Waals surface area (Å²) in [6.45, 7) is 13.4. The van der Waals surface area contributed by atoms with Crippen LogP contribution >= 0.6 is 0 Å². The Hall–Kier alpha value is -0.590. The number of ketones is 1. The first-order chi connectivity index (χ1) is 7.27. The summed E-state index contributed by atoms with van der Waals surface area (Å²) < 4.78 is 0. The van der Waals surface area contributed by atoms with Crippen LogP contribution in [0.25, 0.3) is 0 Å². The van der Waals surface area contributed by atoms with Crippen LogP contribution in [0.4, 0.5) is 0 Å². The van der Waals surface area contributed by atoms with Gasteiger partial charge in [0.15, 0.2) is 5.78 Å². The lowest BCUT2D eigenvalue weighted by molar-refractivity contribution is -0.114. The Morgan fingerprint density at radius 2 is 1.88 bits per heavy atom. The van der Waals surface area contributed by atoms with E-state index in [1.165, 1.54) is 12.8 Å². The molecule has 1 unspecified atom stereocenters. The van der Waals surface area contributed by atoms with Gasteiger partial charge in [0.05, 0.1) is 0 Å². The molecular formula is C15H24O. The summed E-state index contributed by atoms with van der Waals surface area (Å²) in [4.78, 5) is 11.9. The summed E-state index contributed by atoms with van der Waals surface area (Å²) in [5, 5.41) is 0. The zero-order valence-electron chi connectivity index (χ0n) is 11.1. The average Bonchev–Trinajstić information content (AvgIpc) is 2.28. The predicted octanol–water partition coefficient (Wildman–Crippen LogP) is 3.98. The fraction of sp³-hybridized carbons (Fsp3) is 0.800. The molecule has 0 heterocycles. The van der Waals surface area contributed by atoms with Crippen LogP contribution in [0.3, 0.4) is 0 Å². The van der Waals surface area contributed by atoms with Gasteiger partial charge in [-0.3, -0.25) is 4.79 Å². The van der Waals surface area contributed by atoms with Crippen LogP contribution in [0.15, 0.2) is 12.2 Å². The second-order valence-electron chi connectivity index (χ2n) is 7.02. The molecule has 2 fully saturated rings. The van der Waals surface area contributed by atoms with Crippen molar-refractivity contribution in [1.82, 2.24) is 0 Å². The molecular weight excluding hydrogens is 196 g/mol. The molecule has 1 spiro atoms. The Balaban J connectivity index is 2.37. The predicted molar refractivity (Wildman–Crippen MR) is 67.2 cm³/mol. The van der Waals surface area contributed by atoms with E-state index in [1.807, 2.05) is 0 Å². The minimum atomic E-state index is 0.123. The van der Waals surface area contributed by atoms with Crippen LogP contribution in [-0.2, 0) is 4.79 Å². The number of carbonyl (C=O) groups is 1. The standard InChI is InChI=1S/C15H24O/c1-10-7-14(4,5)9-15(8-10)11(2)6-13(16)12(15)3/h10-11H,3,6-9H2,1-2,4-5H3/t10-,11?,15+/m1/s1. The molecule has 2 rings (SSSR count). The van der Waals surface area contributed by atoms with E-state index in [4.69, 9.17) is 0 Å². The Kier molecular flexibility index (Phi) is 2.56.